The fraction of sp³-hybridized carbons (Fsp3) is 0.500. The Bertz CT molecular complexity index is 1530. The van der Waals surface area contributed by atoms with E-state index in [2.05, 4.69) is 33.8 Å². The Balaban J connectivity index is 0.000000290. The van der Waals surface area contributed by atoms with Crippen LogP contribution in [0.4, 0.5) is 28.9 Å². The van der Waals surface area contributed by atoms with Gasteiger partial charge in [-0.3, -0.25) is 9.59 Å². The van der Waals surface area contributed by atoms with E-state index in [9.17, 15) is 32.3 Å². The zero-order valence-electron chi connectivity index (χ0n) is 31.6. The molecule has 2 saturated carbocycles. The van der Waals surface area contributed by atoms with Gasteiger partial charge in [-0.05, 0) is 101 Å². The summed E-state index contributed by atoms with van der Waals surface area (Å²) in [7, 11) is 4.41. The number of carbonyl (C=O) groups is 2. The van der Waals surface area contributed by atoms with Crippen molar-refractivity contribution in [2.45, 2.75) is 83.7 Å². The molecule has 2 aliphatic carbocycles. The topological polar surface area (TPSA) is 132 Å². The lowest BCUT2D eigenvalue weighted by atomic mass is 9.79. The second-order valence-electron chi connectivity index (χ2n) is 13.6. The fourth-order valence-electron chi connectivity index (χ4n) is 6.57. The van der Waals surface area contributed by atoms with E-state index in [1.54, 1.807) is 12.1 Å². The average Bonchev–Trinajstić information content (AvgIpc) is 3.15. The second kappa shape index (κ2) is 20.1. The molecule has 2 fully saturated rings. The van der Waals surface area contributed by atoms with Gasteiger partial charge in [0.25, 0.3) is 0 Å². The highest BCUT2D eigenvalue weighted by Crippen LogP contribution is 2.41. The highest BCUT2D eigenvalue weighted by molar-refractivity contribution is 6.00. The lowest BCUT2D eigenvalue weighted by molar-refractivity contribution is -0.112. The number of pyridine rings is 2. The number of aromatic nitrogens is 2. The number of amides is 2. The number of alkyl halides is 4. The van der Waals surface area contributed by atoms with E-state index in [4.69, 9.17) is 14.2 Å². The van der Waals surface area contributed by atoms with Crippen molar-refractivity contribution in [1.82, 2.24) is 9.97 Å². The van der Waals surface area contributed by atoms with Crippen molar-refractivity contribution in [2.75, 3.05) is 32.0 Å². The molecular weight excluding hydrogens is 708 g/mol. The summed E-state index contributed by atoms with van der Waals surface area (Å²) in [6.45, 7) is 8.46. The number of nitrogens with one attached hydrogen (secondary N) is 2. The van der Waals surface area contributed by atoms with Crippen LogP contribution in [0.15, 0.2) is 49.6 Å². The van der Waals surface area contributed by atoms with E-state index in [1.807, 2.05) is 24.3 Å². The predicted octanol–water partition coefficient (Wildman–Crippen LogP) is 8.88. The molecule has 0 spiro atoms. The van der Waals surface area contributed by atoms with Crippen molar-refractivity contribution in [3.05, 3.63) is 66.4 Å². The van der Waals surface area contributed by atoms with Crippen molar-refractivity contribution in [1.29, 1.82) is 0 Å². The summed E-state index contributed by atoms with van der Waals surface area (Å²) in [6, 6.07) is 3.37. The molecule has 14 heteroatoms. The summed E-state index contributed by atoms with van der Waals surface area (Å²) < 4.78 is 69.5. The molecule has 2 amide bonds. The number of aliphatic hydroxyl groups is 1. The van der Waals surface area contributed by atoms with Gasteiger partial charge in [-0.2, -0.15) is 4.98 Å². The molecule has 0 radical (unpaired) electrons. The molecule has 0 atom stereocenters. The van der Waals surface area contributed by atoms with Gasteiger partial charge in [0.1, 0.15) is 5.69 Å². The summed E-state index contributed by atoms with van der Waals surface area (Å²) >= 11 is 0. The summed E-state index contributed by atoms with van der Waals surface area (Å²) in [6.07, 6.45) is 14.8. The van der Waals surface area contributed by atoms with E-state index >= 15 is 0 Å². The minimum absolute atomic E-state index is 0.206. The molecule has 3 N–H and O–H groups in total. The number of carbonyl (C=O) groups excluding carboxylic acids is 2. The largest absolute Gasteiger partial charge is 0.481 e. The normalized spacial score (nSPS) is 20.4. The van der Waals surface area contributed by atoms with Gasteiger partial charge in [-0.25, -0.2) is 22.5 Å². The number of methoxy groups -OCH3 is 3. The molecule has 4 rings (SSSR count). The van der Waals surface area contributed by atoms with Crippen LogP contribution in [0, 0.1) is 23.7 Å². The van der Waals surface area contributed by atoms with Gasteiger partial charge >= 0.3 is 0 Å². The highest BCUT2D eigenvalue weighted by Gasteiger charge is 2.37. The van der Waals surface area contributed by atoms with Crippen LogP contribution in [0.5, 0.6) is 17.6 Å². The van der Waals surface area contributed by atoms with E-state index in [0.717, 1.165) is 38.8 Å². The Kier molecular flexibility index (Phi) is 16.3. The van der Waals surface area contributed by atoms with Gasteiger partial charge in [0.15, 0.2) is 0 Å². The highest BCUT2D eigenvalue weighted by atomic mass is 19.3. The van der Waals surface area contributed by atoms with Crippen LogP contribution in [0.25, 0.3) is 12.2 Å². The molecular formula is C40H52F4N4O6. The molecule has 10 nitrogen and oxygen atoms in total. The quantitative estimate of drug-likeness (QED) is 0.129. The summed E-state index contributed by atoms with van der Waals surface area (Å²) in [5.74, 6) is -5.80. The van der Waals surface area contributed by atoms with Gasteiger partial charge in [-0.1, -0.05) is 37.5 Å². The van der Waals surface area contributed by atoms with E-state index in [-0.39, 0.29) is 35.9 Å². The molecule has 0 saturated heterocycles. The number of allylic oxidation sites excluding steroid dienone is 2. The second-order valence-corrected chi connectivity index (χ2v) is 13.6. The van der Waals surface area contributed by atoms with Gasteiger partial charge in [-0.15, -0.1) is 0 Å². The maximum Gasteiger partial charge on any atom is 0.248 e. The number of halogens is 4. The summed E-state index contributed by atoms with van der Waals surface area (Å²) in [5.41, 5.74) is 2.36. The summed E-state index contributed by atoms with van der Waals surface area (Å²) in [4.78, 5) is 31.7. The standard InChI is InChI=1S/2C20H26F2N2O3/c1-5-17(25)23-16-12-14(18(26-3)24-19(16)27-4)9-6-13-7-10-15(11-8-13)20(2,21)22;1-4-18(26)23-16-11-14(19(27-3)24-17(16)12-25)8-5-13-6-9-15(10-7-13)20(2,21)22/h5-6,9,12-13,15H,1,7-8,10-11H2,2-4H3,(H,23,25);4-5,8,11,13,15,25H,1,6-7,9-10,12H2,2-3H3,(H,23,26)/b9-6+;8-5+. The van der Waals surface area contributed by atoms with Gasteiger partial charge in [0.05, 0.1) is 39.3 Å². The maximum absolute atomic E-state index is 13.4. The van der Waals surface area contributed by atoms with Crippen LogP contribution < -0.4 is 24.8 Å². The van der Waals surface area contributed by atoms with Crippen molar-refractivity contribution in [3.8, 4) is 17.6 Å². The van der Waals surface area contributed by atoms with Gasteiger partial charge < -0.3 is 30.0 Å². The van der Waals surface area contributed by atoms with Crippen LogP contribution in [-0.2, 0) is 16.2 Å². The first-order valence-corrected chi connectivity index (χ1v) is 17.9. The molecule has 296 valence electrons. The molecule has 2 heterocycles. The Morgan fingerprint density at radius 3 is 1.48 bits per heavy atom. The minimum atomic E-state index is -2.62. The lowest BCUT2D eigenvalue weighted by Gasteiger charge is -2.30. The fourth-order valence-corrected chi connectivity index (χ4v) is 6.57. The number of anilines is 2. The number of aliphatic hydroxyl groups excluding tert-OH is 1. The lowest BCUT2D eigenvalue weighted by Crippen LogP contribution is -2.28. The number of hydrogen-bond acceptors (Lipinski definition) is 8. The third-order valence-electron chi connectivity index (χ3n) is 9.76. The maximum atomic E-state index is 13.4. The van der Waals surface area contributed by atoms with Crippen molar-refractivity contribution >= 4 is 35.3 Å². The number of nitrogens with zero attached hydrogens (tertiary/aromatic N) is 2. The molecule has 2 aromatic rings. The van der Waals surface area contributed by atoms with Gasteiger partial charge in [0, 0.05) is 23.0 Å². The molecule has 0 unspecified atom stereocenters. The number of hydrogen-bond donors (Lipinski definition) is 3. The predicted molar refractivity (Wildman–Crippen MR) is 202 cm³/mol. The monoisotopic (exact) mass is 760 g/mol. The van der Waals surface area contributed by atoms with Crippen LogP contribution >= 0.6 is 0 Å². The van der Waals surface area contributed by atoms with Gasteiger partial charge in [0.2, 0.25) is 41.3 Å². The van der Waals surface area contributed by atoms with Crippen molar-refractivity contribution < 1.29 is 46.5 Å². The minimum Gasteiger partial charge on any atom is -0.481 e. The van der Waals surface area contributed by atoms with Crippen molar-refractivity contribution in [2.24, 2.45) is 23.7 Å². The molecule has 0 aliphatic heterocycles. The number of ether oxygens (including phenoxy) is 3. The molecule has 2 aliphatic rings. The van der Waals surface area contributed by atoms with E-state index < -0.39 is 29.6 Å². The Hall–Kier alpha value is -4.72. The van der Waals surface area contributed by atoms with E-state index in [1.165, 1.54) is 21.3 Å². The smallest absolute Gasteiger partial charge is 0.248 e. The zero-order chi connectivity index (χ0) is 40.1. The van der Waals surface area contributed by atoms with Crippen LogP contribution in [0.2, 0.25) is 0 Å². The SMILES string of the molecule is C=CC(=O)Nc1cc(/C=C/C2CCC(C(C)(F)F)CC2)c(OC)nc1CO.C=CC(=O)Nc1cc(/C=C/C2CCC(C(C)(F)F)CC2)c(OC)nc1OC. The molecule has 0 bridgehead atoms. The molecule has 2 aromatic heterocycles. The molecule has 0 aromatic carbocycles. The summed E-state index contributed by atoms with van der Waals surface area (Å²) in [5, 5.41) is 14.7. The van der Waals surface area contributed by atoms with Crippen LogP contribution in [0.1, 0.15) is 82.0 Å². The third-order valence-corrected chi connectivity index (χ3v) is 9.76. The van der Waals surface area contributed by atoms with E-state index in [0.29, 0.717) is 72.8 Å². The van der Waals surface area contributed by atoms with Crippen molar-refractivity contribution in [3.63, 3.8) is 0 Å². The third kappa shape index (κ3) is 12.7. The Morgan fingerprint density at radius 2 is 1.11 bits per heavy atom. The molecule has 54 heavy (non-hydrogen) atoms. The average molecular weight is 761 g/mol. The zero-order valence-corrected chi connectivity index (χ0v) is 31.6. The van der Waals surface area contributed by atoms with Crippen LogP contribution in [-0.4, -0.2) is 60.1 Å². The Labute approximate surface area is 314 Å². The van der Waals surface area contributed by atoms with Crippen LogP contribution in [0.3, 0.4) is 0 Å². The Morgan fingerprint density at radius 1 is 0.722 bits per heavy atom. The first-order chi connectivity index (χ1) is 25.6. The first-order valence-electron chi connectivity index (χ1n) is 17.9. The first kappa shape index (κ1) is 43.7. The number of rotatable bonds is 14.